The first-order valence-corrected chi connectivity index (χ1v) is 10.00. The first-order valence-electron chi connectivity index (χ1n) is 7.97. The molecule has 0 radical (unpaired) electrons. The van der Waals surface area contributed by atoms with Gasteiger partial charge in [0.1, 0.15) is 0 Å². The largest absolute Gasteiger partial charge is 0.412 e. The number of benzene rings is 1. The van der Waals surface area contributed by atoms with Gasteiger partial charge in [-0.3, -0.25) is 4.79 Å². The lowest BCUT2D eigenvalue weighted by molar-refractivity contribution is -0.121. The maximum absolute atomic E-state index is 12.3. The lowest BCUT2D eigenvalue weighted by Gasteiger charge is -2.02. The van der Waals surface area contributed by atoms with Gasteiger partial charge in [-0.1, -0.05) is 42.2 Å². The molecular weight excluding hydrogens is 366 g/mol. The first-order chi connectivity index (χ1) is 11.9. The minimum Gasteiger partial charge on any atom is -0.412 e. The number of carbonyl (C=O) groups is 1. The summed E-state index contributed by atoms with van der Waals surface area (Å²) in [5, 5.41) is 10.2. The molecule has 25 heavy (non-hydrogen) atoms. The van der Waals surface area contributed by atoms with Crippen LogP contribution in [0.25, 0.3) is 0 Å². The van der Waals surface area contributed by atoms with E-state index in [0.29, 0.717) is 23.6 Å². The van der Waals surface area contributed by atoms with E-state index >= 15 is 0 Å². The molecular formula is C16H20ClN3O4S. The van der Waals surface area contributed by atoms with Crippen molar-refractivity contribution in [1.29, 1.82) is 0 Å². The van der Waals surface area contributed by atoms with E-state index in [1.807, 2.05) is 6.92 Å². The van der Waals surface area contributed by atoms with Crippen molar-refractivity contribution in [2.75, 3.05) is 6.54 Å². The summed E-state index contributed by atoms with van der Waals surface area (Å²) in [7, 11) is -3.73. The lowest BCUT2D eigenvalue weighted by atomic mass is 10.2. The summed E-state index contributed by atoms with van der Waals surface area (Å²) in [5.74, 6) is -0.123. The van der Waals surface area contributed by atoms with Crippen molar-refractivity contribution in [3.05, 3.63) is 40.7 Å². The number of sulfone groups is 1. The van der Waals surface area contributed by atoms with Crippen LogP contribution in [0.5, 0.6) is 0 Å². The molecule has 2 rings (SSSR count). The molecule has 0 aliphatic carbocycles. The molecule has 0 saturated carbocycles. The van der Waals surface area contributed by atoms with Crippen LogP contribution in [0.2, 0.25) is 5.02 Å². The third kappa shape index (κ3) is 6.13. The number of hydrogen-bond donors (Lipinski definition) is 1. The summed E-state index contributed by atoms with van der Waals surface area (Å²) in [6.07, 6.45) is 2.54. The van der Waals surface area contributed by atoms with E-state index in [1.165, 1.54) is 0 Å². The van der Waals surface area contributed by atoms with Gasteiger partial charge in [0.15, 0.2) is 0 Å². The van der Waals surface area contributed by atoms with Gasteiger partial charge in [0.2, 0.25) is 21.6 Å². The van der Waals surface area contributed by atoms with Gasteiger partial charge in [-0.05, 0) is 24.1 Å². The number of carbonyl (C=O) groups excluding carboxylic acids is 1. The summed E-state index contributed by atoms with van der Waals surface area (Å²) < 4.78 is 29.8. The highest BCUT2D eigenvalue weighted by Gasteiger charge is 2.23. The molecule has 2 aromatic rings. The van der Waals surface area contributed by atoms with Crippen LogP contribution in [0.4, 0.5) is 0 Å². The summed E-state index contributed by atoms with van der Waals surface area (Å²) in [6.45, 7) is 2.33. The Morgan fingerprint density at radius 3 is 2.64 bits per heavy atom. The predicted octanol–water partition coefficient (Wildman–Crippen LogP) is 2.55. The minimum atomic E-state index is -3.73. The highest BCUT2D eigenvalue weighted by molar-refractivity contribution is 7.90. The molecule has 1 amide bonds. The van der Waals surface area contributed by atoms with Gasteiger partial charge in [-0.15, -0.1) is 5.10 Å². The van der Waals surface area contributed by atoms with E-state index in [2.05, 4.69) is 15.5 Å². The van der Waals surface area contributed by atoms with E-state index in [1.54, 1.807) is 24.3 Å². The Morgan fingerprint density at radius 2 is 1.96 bits per heavy atom. The fraction of sp³-hybridized carbons (Fsp3) is 0.438. The van der Waals surface area contributed by atoms with Crippen LogP contribution < -0.4 is 5.32 Å². The zero-order valence-corrected chi connectivity index (χ0v) is 15.4. The molecule has 0 saturated heterocycles. The second-order valence-corrected chi connectivity index (χ2v) is 7.85. The maximum atomic E-state index is 12.3. The normalized spacial score (nSPS) is 11.4. The monoisotopic (exact) mass is 385 g/mol. The molecule has 9 heteroatoms. The Morgan fingerprint density at radius 1 is 1.24 bits per heavy atom. The SMILES string of the molecule is CCCCC(=O)NCCc1nnc(S(=O)(=O)Cc2ccc(Cl)cc2)o1. The van der Waals surface area contributed by atoms with E-state index in [-0.39, 0.29) is 24.0 Å². The molecule has 0 bridgehead atoms. The summed E-state index contributed by atoms with van der Waals surface area (Å²) in [5.41, 5.74) is 0.576. The minimum absolute atomic E-state index is 0.0445. The summed E-state index contributed by atoms with van der Waals surface area (Å²) in [6, 6.07) is 6.49. The molecule has 7 nitrogen and oxygen atoms in total. The average molecular weight is 386 g/mol. The van der Waals surface area contributed by atoms with E-state index in [0.717, 1.165) is 12.8 Å². The van der Waals surface area contributed by atoms with Crippen LogP contribution in [0.15, 0.2) is 33.9 Å². The number of amides is 1. The van der Waals surface area contributed by atoms with Gasteiger partial charge in [0.25, 0.3) is 0 Å². The Bertz CT molecular complexity index is 803. The maximum Gasteiger partial charge on any atom is 0.335 e. The number of nitrogens with one attached hydrogen (secondary N) is 1. The summed E-state index contributed by atoms with van der Waals surface area (Å²) >= 11 is 5.78. The lowest BCUT2D eigenvalue weighted by Crippen LogP contribution is -2.25. The molecule has 0 spiro atoms. The van der Waals surface area contributed by atoms with Gasteiger partial charge < -0.3 is 9.73 Å². The fourth-order valence-corrected chi connectivity index (χ4v) is 3.33. The predicted molar refractivity (Wildman–Crippen MR) is 92.9 cm³/mol. The van der Waals surface area contributed by atoms with Crippen LogP contribution in [0.1, 0.15) is 37.6 Å². The van der Waals surface area contributed by atoms with Gasteiger partial charge in [-0.2, -0.15) is 0 Å². The zero-order valence-electron chi connectivity index (χ0n) is 13.9. The number of unbranched alkanes of at least 4 members (excludes halogenated alkanes) is 1. The van der Waals surface area contributed by atoms with Crippen molar-refractivity contribution in [3.8, 4) is 0 Å². The first kappa shape index (κ1) is 19.4. The number of rotatable bonds is 9. The van der Waals surface area contributed by atoms with Crippen molar-refractivity contribution < 1.29 is 17.6 Å². The van der Waals surface area contributed by atoms with Crippen molar-refractivity contribution in [2.24, 2.45) is 0 Å². The Kier molecular flexibility index (Phi) is 6.95. The standard InChI is InChI=1S/C16H20ClN3O4S/c1-2-3-4-14(21)18-10-9-15-19-20-16(24-15)25(22,23)11-12-5-7-13(17)8-6-12/h5-8H,2-4,9-11H2,1H3,(H,18,21). The smallest absolute Gasteiger partial charge is 0.335 e. The Balaban J connectivity index is 1.90. The highest BCUT2D eigenvalue weighted by atomic mass is 35.5. The third-order valence-corrected chi connectivity index (χ3v) is 5.07. The number of hydrogen-bond acceptors (Lipinski definition) is 6. The topological polar surface area (TPSA) is 102 Å². The van der Waals surface area contributed by atoms with Crippen LogP contribution in [0, 0.1) is 0 Å². The van der Waals surface area contributed by atoms with E-state index in [9.17, 15) is 13.2 Å². The van der Waals surface area contributed by atoms with Crippen LogP contribution >= 0.6 is 11.6 Å². The van der Waals surface area contributed by atoms with E-state index in [4.69, 9.17) is 16.0 Å². The highest BCUT2D eigenvalue weighted by Crippen LogP contribution is 2.17. The molecule has 0 aliphatic heterocycles. The van der Waals surface area contributed by atoms with Crippen LogP contribution in [-0.4, -0.2) is 31.1 Å². The fourth-order valence-electron chi connectivity index (χ4n) is 2.06. The van der Waals surface area contributed by atoms with Crippen LogP contribution in [0.3, 0.4) is 0 Å². The number of halogens is 1. The Hall–Kier alpha value is -1.93. The quantitative estimate of drug-likeness (QED) is 0.711. The van der Waals surface area contributed by atoms with Gasteiger partial charge in [0.05, 0.1) is 5.75 Å². The molecule has 1 aromatic carbocycles. The second-order valence-electron chi connectivity index (χ2n) is 5.55. The van der Waals surface area contributed by atoms with Crippen LogP contribution in [-0.2, 0) is 26.8 Å². The van der Waals surface area contributed by atoms with Gasteiger partial charge in [0, 0.05) is 24.4 Å². The molecule has 0 fully saturated rings. The molecule has 1 heterocycles. The van der Waals surface area contributed by atoms with Crippen molar-refractivity contribution in [1.82, 2.24) is 15.5 Å². The van der Waals surface area contributed by atoms with Crippen molar-refractivity contribution in [3.63, 3.8) is 0 Å². The van der Waals surface area contributed by atoms with Crippen molar-refractivity contribution >= 4 is 27.3 Å². The molecule has 0 aliphatic rings. The molecule has 1 aromatic heterocycles. The van der Waals surface area contributed by atoms with E-state index < -0.39 is 15.1 Å². The number of nitrogens with zero attached hydrogens (tertiary/aromatic N) is 2. The van der Waals surface area contributed by atoms with Crippen molar-refractivity contribution in [2.45, 2.75) is 43.6 Å². The molecule has 136 valence electrons. The Labute approximate surface area is 151 Å². The molecule has 1 N–H and O–H groups in total. The summed E-state index contributed by atoms with van der Waals surface area (Å²) in [4.78, 5) is 11.5. The molecule has 0 atom stereocenters. The molecule has 0 unspecified atom stereocenters. The third-order valence-electron chi connectivity index (χ3n) is 3.40. The van der Waals surface area contributed by atoms with Gasteiger partial charge in [-0.25, -0.2) is 8.42 Å². The zero-order chi connectivity index (χ0) is 18.3. The number of aromatic nitrogens is 2. The van der Waals surface area contributed by atoms with Gasteiger partial charge >= 0.3 is 5.22 Å². The second kappa shape index (κ2) is 8.96. The average Bonchev–Trinajstić information content (AvgIpc) is 3.05.